The number of benzene rings is 1. The van der Waals surface area contributed by atoms with Gasteiger partial charge in [0.25, 0.3) is 0 Å². The van der Waals surface area contributed by atoms with Gasteiger partial charge in [0.1, 0.15) is 5.82 Å². The van der Waals surface area contributed by atoms with Crippen molar-refractivity contribution in [2.75, 3.05) is 58.3 Å². The minimum atomic E-state index is -0.336. The fourth-order valence-corrected chi connectivity index (χ4v) is 4.46. The summed E-state index contributed by atoms with van der Waals surface area (Å²) in [6.45, 7) is 6.92. The first-order chi connectivity index (χ1) is 16.5. The van der Waals surface area contributed by atoms with E-state index < -0.39 is 0 Å². The van der Waals surface area contributed by atoms with Crippen molar-refractivity contribution in [1.29, 1.82) is 0 Å². The lowest BCUT2D eigenvalue weighted by atomic mass is 10.0. The van der Waals surface area contributed by atoms with E-state index in [4.69, 9.17) is 4.74 Å². The number of likely N-dealkylation sites (tertiary alicyclic amines) is 1. The van der Waals surface area contributed by atoms with Crippen LogP contribution in [0.25, 0.3) is 0 Å². The molecule has 2 fully saturated rings. The number of rotatable bonds is 7. The second-order valence-corrected chi connectivity index (χ2v) is 9.16. The molecule has 0 aliphatic carbocycles. The molecule has 1 aromatic heterocycles. The van der Waals surface area contributed by atoms with Crippen molar-refractivity contribution in [1.82, 2.24) is 25.4 Å². The number of urea groups is 1. The van der Waals surface area contributed by atoms with Gasteiger partial charge < -0.3 is 25.2 Å². The highest BCUT2D eigenvalue weighted by atomic mass is 19.1. The Bertz CT molecular complexity index is 941. The molecule has 9 heteroatoms. The summed E-state index contributed by atoms with van der Waals surface area (Å²) in [4.78, 5) is 23.9. The van der Waals surface area contributed by atoms with Gasteiger partial charge in [-0.05, 0) is 49.2 Å². The maximum atomic E-state index is 13.9. The van der Waals surface area contributed by atoms with Crippen molar-refractivity contribution in [2.24, 2.45) is 0 Å². The SMILES string of the molecule is COc1ccc(CN2CCC(NC(=O)NCc3ccc(N4CCN(C)CC4)nc3)CC2)cc1F. The predicted molar refractivity (Wildman–Crippen MR) is 131 cm³/mol. The standard InChI is InChI=1S/C25H35FN6O2/c1-30-11-13-32(14-12-30)24-6-4-20(16-27-24)17-28-25(33)29-21-7-9-31(10-8-21)18-19-3-5-23(34-2)22(26)15-19/h3-6,15-16,21H,7-14,17-18H2,1-2H3,(H2,28,29,33). The highest BCUT2D eigenvalue weighted by molar-refractivity contribution is 5.74. The van der Waals surface area contributed by atoms with E-state index in [-0.39, 0.29) is 23.6 Å². The van der Waals surface area contributed by atoms with E-state index in [0.29, 0.717) is 13.1 Å². The normalized spacial score (nSPS) is 18.0. The number of amides is 2. The number of nitrogens with one attached hydrogen (secondary N) is 2. The Balaban J connectivity index is 1.16. The molecule has 1 aromatic carbocycles. The molecule has 0 radical (unpaired) electrons. The minimum Gasteiger partial charge on any atom is -0.494 e. The average Bonchev–Trinajstić information content (AvgIpc) is 2.85. The molecular formula is C25H35FN6O2. The number of nitrogens with zero attached hydrogens (tertiary/aromatic N) is 4. The molecule has 0 bridgehead atoms. The molecule has 4 rings (SSSR count). The summed E-state index contributed by atoms with van der Waals surface area (Å²) in [7, 11) is 3.60. The molecule has 2 aromatic rings. The van der Waals surface area contributed by atoms with E-state index in [1.54, 1.807) is 6.07 Å². The summed E-state index contributed by atoms with van der Waals surface area (Å²) in [5.41, 5.74) is 1.91. The Morgan fingerprint density at radius 2 is 1.82 bits per heavy atom. The zero-order chi connectivity index (χ0) is 23.9. The highest BCUT2D eigenvalue weighted by Gasteiger charge is 2.21. The number of pyridine rings is 1. The molecule has 0 saturated carbocycles. The zero-order valence-electron chi connectivity index (χ0n) is 20.1. The first-order valence-electron chi connectivity index (χ1n) is 12.0. The van der Waals surface area contributed by atoms with Gasteiger partial charge in [-0.15, -0.1) is 0 Å². The molecular weight excluding hydrogens is 435 g/mol. The van der Waals surface area contributed by atoms with Crippen LogP contribution in [0.2, 0.25) is 0 Å². The Labute approximate surface area is 201 Å². The summed E-state index contributed by atoms with van der Waals surface area (Å²) in [5, 5.41) is 6.02. The van der Waals surface area contributed by atoms with Crippen LogP contribution in [-0.4, -0.2) is 80.3 Å². The van der Waals surface area contributed by atoms with Gasteiger partial charge in [0.2, 0.25) is 0 Å². The Morgan fingerprint density at radius 3 is 2.47 bits per heavy atom. The third kappa shape index (κ3) is 6.57. The van der Waals surface area contributed by atoms with Gasteiger partial charge in [-0.3, -0.25) is 4.90 Å². The Hall–Kier alpha value is -2.91. The van der Waals surface area contributed by atoms with Gasteiger partial charge in [0, 0.05) is 64.6 Å². The third-order valence-electron chi connectivity index (χ3n) is 6.63. The molecule has 2 aliphatic heterocycles. The van der Waals surface area contributed by atoms with Crippen molar-refractivity contribution >= 4 is 11.8 Å². The van der Waals surface area contributed by atoms with Crippen LogP contribution in [-0.2, 0) is 13.1 Å². The Morgan fingerprint density at radius 1 is 1.09 bits per heavy atom. The van der Waals surface area contributed by atoms with E-state index in [9.17, 15) is 9.18 Å². The third-order valence-corrected chi connectivity index (χ3v) is 6.63. The molecule has 0 unspecified atom stereocenters. The number of hydrogen-bond donors (Lipinski definition) is 2. The largest absolute Gasteiger partial charge is 0.494 e. The maximum absolute atomic E-state index is 13.9. The van der Waals surface area contributed by atoms with Crippen LogP contribution < -0.4 is 20.3 Å². The molecule has 2 amide bonds. The number of likely N-dealkylation sites (N-methyl/N-ethyl adjacent to an activating group) is 1. The molecule has 184 valence electrons. The molecule has 0 atom stereocenters. The topological polar surface area (TPSA) is 73.0 Å². The fraction of sp³-hybridized carbons (Fsp3) is 0.520. The van der Waals surface area contributed by atoms with Crippen LogP contribution in [0.3, 0.4) is 0 Å². The number of carbonyl (C=O) groups is 1. The average molecular weight is 471 g/mol. The number of anilines is 1. The lowest BCUT2D eigenvalue weighted by Gasteiger charge is -2.33. The number of piperidine rings is 1. The summed E-state index contributed by atoms with van der Waals surface area (Å²) >= 11 is 0. The number of piperazine rings is 1. The van der Waals surface area contributed by atoms with E-state index in [1.165, 1.54) is 13.2 Å². The molecule has 2 N–H and O–H groups in total. The summed E-state index contributed by atoms with van der Waals surface area (Å²) in [6, 6.07) is 9.14. The van der Waals surface area contributed by atoms with Crippen LogP contribution in [0.1, 0.15) is 24.0 Å². The van der Waals surface area contributed by atoms with Crippen molar-refractivity contribution < 1.29 is 13.9 Å². The number of hydrogen-bond acceptors (Lipinski definition) is 6. The first-order valence-corrected chi connectivity index (χ1v) is 12.0. The van der Waals surface area contributed by atoms with Crippen molar-refractivity contribution in [2.45, 2.75) is 32.0 Å². The van der Waals surface area contributed by atoms with Gasteiger partial charge in [-0.1, -0.05) is 12.1 Å². The summed E-state index contributed by atoms with van der Waals surface area (Å²) in [6.07, 6.45) is 3.58. The van der Waals surface area contributed by atoms with Crippen LogP contribution in [0.4, 0.5) is 15.0 Å². The first kappa shape index (κ1) is 24.2. The number of ether oxygens (including phenoxy) is 1. The molecule has 0 spiro atoms. The Kier molecular flexibility index (Phi) is 8.18. The van der Waals surface area contributed by atoms with Crippen LogP contribution in [0.15, 0.2) is 36.5 Å². The van der Waals surface area contributed by atoms with Gasteiger partial charge in [-0.2, -0.15) is 0 Å². The fourth-order valence-electron chi connectivity index (χ4n) is 4.46. The smallest absolute Gasteiger partial charge is 0.315 e. The summed E-state index contributed by atoms with van der Waals surface area (Å²) in [5.74, 6) is 0.919. The molecule has 2 saturated heterocycles. The van der Waals surface area contributed by atoms with Gasteiger partial charge in [-0.25, -0.2) is 14.2 Å². The number of aromatic nitrogens is 1. The second kappa shape index (κ2) is 11.5. The number of methoxy groups -OCH3 is 1. The lowest BCUT2D eigenvalue weighted by molar-refractivity contribution is 0.186. The van der Waals surface area contributed by atoms with Crippen molar-refractivity contribution in [3.05, 3.63) is 53.5 Å². The van der Waals surface area contributed by atoms with Crippen LogP contribution >= 0.6 is 0 Å². The minimum absolute atomic E-state index is 0.140. The monoisotopic (exact) mass is 470 g/mol. The summed E-state index contributed by atoms with van der Waals surface area (Å²) < 4.78 is 18.9. The van der Waals surface area contributed by atoms with Crippen molar-refractivity contribution in [3.63, 3.8) is 0 Å². The lowest BCUT2D eigenvalue weighted by Crippen LogP contribution is -2.47. The highest BCUT2D eigenvalue weighted by Crippen LogP contribution is 2.20. The van der Waals surface area contributed by atoms with Gasteiger partial charge in [0.05, 0.1) is 7.11 Å². The van der Waals surface area contributed by atoms with Gasteiger partial charge in [0.15, 0.2) is 11.6 Å². The van der Waals surface area contributed by atoms with E-state index in [2.05, 4.69) is 37.4 Å². The quantitative estimate of drug-likeness (QED) is 0.648. The molecule has 2 aliphatic rings. The van der Waals surface area contributed by atoms with Crippen LogP contribution in [0, 0.1) is 5.82 Å². The number of carbonyl (C=O) groups excluding carboxylic acids is 1. The van der Waals surface area contributed by atoms with E-state index >= 15 is 0 Å². The molecule has 34 heavy (non-hydrogen) atoms. The zero-order valence-corrected chi connectivity index (χ0v) is 20.1. The number of halogens is 1. The van der Waals surface area contributed by atoms with Gasteiger partial charge >= 0.3 is 6.03 Å². The predicted octanol–water partition coefficient (Wildman–Crippen LogP) is 2.44. The molecule has 3 heterocycles. The van der Waals surface area contributed by atoms with E-state index in [0.717, 1.165) is 69.1 Å². The van der Waals surface area contributed by atoms with E-state index in [1.807, 2.05) is 24.4 Å². The van der Waals surface area contributed by atoms with Crippen LogP contribution in [0.5, 0.6) is 5.75 Å². The maximum Gasteiger partial charge on any atom is 0.315 e. The second-order valence-electron chi connectivity index (χ2n) is 9.16. The van der Waals surface area contributed by atoms with Crippen molar-refractivity contribution in [3.8, 4) is 5.75 Å². The molecule has 8 nitrogen and oxygen atoms in total.